The third-order valence-corrected chi connectivity index (χ3v) is 12.0. The lowest BCUT2D eigenvalue weighted by molar-refractivity contribution is -0.382. The van der Waals surface area contributed by atoms with Crippen molar-refractivity contribution in [3.8, 4) is 0 Å². The summed E-state index contributed by atoms with van der Waals surface area (Å²) in [6.07, 6.45) is -4.20. The number of rotatable bonds is 14. The average Bonchev–Trinajstić information content (AvgIpc) is 3.28. The monoisotopic (exact) mass is 688 g/mol. The Balaban J connectivity index is 1.95. The maximum Gasteiger partial charge on any atom is 0.311 e. The predicted molar refractivity (Wildman–Crippen MR) is 171 cm³/mol. The minimum absolute atomic E-state index is 0.144. The first-order valence-electron chi connectivity index (χ1n) is 16.7. The number of fused-ring (bicyclic) bond motifs is 2. The number of ether oxygens (including phenoxy) is 8. The van der Waals surface area contributed by atoms with E-state index in [0.29, 0.717) is 19.3 Å². The Bertz CT molecular complexity index is 1080. The lowest BCUT2D eigenvalue weighted by Gasteiger charge is -2.53. The van der Waals surface area contributed by atoms with Crippen molar-refractivity contribution in [2.75, 3.05) is 20.3 Å². The molecule has 0 spiro atoms. The van der Waals surface area contributed by atoms with Gasteiger partial charge in [-0.15, -0.1) is 0 Å². The molecule has 0 amide bonds. The van der Waals surface area contributed by atoms with Crippen LogP contribution in [0.5, 0.6) is 0 Å². The van der Waals surface area contributed by atoms with Crippen LogP contribution >= 0.6 is 0 Å². The molecule has 270 valence electrons. The molecule has 3 fully saturated rings. The zero-order valence-electron chi connectivity index (χ0n) is 29.9. The fourth-order valence-electron chi connectivity index (χ4n) is 6.67. The zero-order valence-corrected chi connectivity index (χ0v) is 31.1. The number of carbonyl (C=O) groups excluding carboxylic acids is 4. The Morgan fingerprint density at radius 1 is 0.894 bits per heavy atom. The molecule has 0 saturated carbocycles. The van der Waals surface area contributed by atoms with Gasteiger partial charge in [-0.1, -0.05) is 27.7 Å². The molecule has 3 aliphatic heterocycles. The lowest BCUT2D eigenvalue weighted by Crippen LogP contribution is -2.69. The second-order valence-corrected chi connectivity index (χ2v) is 18.4. The summed E-state index contributed by atoms with van der Waals surface area (Å²) < 4.78 is 55.2. The minimum atomic E-state index is -1.88. The van der Waals surface area contributed by atoms with Crippen LogP contribution in [0.15, 0.2) is 0 Å². The third kappa shape index (κ3) is 10.2. The molecule has 47 heavy (non-hydrogen) atoms. The smallest absolute Gasteiger partial charge is 0.311 e. The van der Waals surface area contributed by atoms with E-state index in [1.165, 1.54) is 27.9 Å². The van der Waals surface area contributed by atoms with Gasteiger partial charge in [0.15, 0.2) is 27.0 Å². The molecule has 0 aromatic carbocycles. The summed E-state index contributed by atoms with van der Waals surface area (Å²) in [5.41, 5.74) is -0.0637. The van der Waals surface area contributed by atoms with Gasteiger partial charge in [-0.25, -0.2) is 0 Å². The Kier molecular flexibility index (Phi) is 13.8. The van der Waals surface area contributed by atoms with Crippen LogP contribution in [0.1, 0.15) is 94.9 Å². The van der Waals surface area contributed by atoms with Crippen molar-refractivity contribution in [1.82, 2.24) is 0 Å². The van der Waals surface area contributed by atoms with E-state index in [0.717, 1.165) is 0 Å². The van der Waals surface area contributed by atoms with Crippen LogP contribution in [0.3, 0.4) is 0 Å². The van der Waals surface area contributed by atoms with Crippen molar-refractivity contribution >= 4 is 32.9 Å². The highest BCUT2D eigenvalue weighted by molar-refractivity contribution is 6.55. The van der Waals surface area contributed by atoms with Gasteiger partial charge in [-0.3, -0.25) is 19.2 Å². The largest absolute Gasteiger partial charge is 0.465 e. The SMILES string of the molecule is COC12CC[C@H](CCOC(=O)C(C)(C)C)O[C@@H]1[C@@H](OC(C)=O)[C@@H]1O[C@H](CC(COC(C)=O)OC(C)=O)[C@H](O[SiH](C(C)C)C(C)C)[C@@H]1O2. The van der Waals surface area contributed by atoms with Gasteiger partial charge in [0.2, 0.25) is 0 Å². The predicted octanol–water partition coefficient (Wildman–Crippen LogP) is 3.77. The van der Waals surface area contributed by atoms with E-state index < -0.39 is 80.9 Å². The highest BCUT2D eigenvalue weighted by Crippen LogP contribution is 2.48. The molecule has 2 unspecified atom stereocenters. The number of hydrogen-bond donors (Lipinski definition) is 0. The van der Waals surface area contributed by atoms with E-state index in [9.17, 15) is 19.2 Å². The molecule has 14 heteroatoms. The van der Waals surface area contributed by atoms with Gasteiger partial charge in [0.1, 0.15) is 31.0 Å². The Hall–Kier alpha value is -2.10. The molecular weight excluding hydrogens is 632 g/mol. The first-order chi connectivity index (χ1) is 21.9. The van der Waals surface area contributed by atoms with Gasteiger partial charge in [0.25, 0.3) is 0 Å². The Labute approximate surface area is 280 Å². The van der Waals surface area contributed by atoms with Crippen LogP contribution in [0.4, 0.5) is 0 Å². The van der Waals surface area contributed by atoms with E-state index in [2.05, 4.69) is 27.7 Å². The molecule has 3 saturated heterocycles. The zero-order chi connectivity index (χ0) is 35.3. The molecule has 9 atom stereocenters. The summed E-state index contributed by atoms with van der Waals surface area (Å²) in [5.74, 6) is -3.15. The van der Waals surface area contributed by atoms with Gasteiger partial charge in [0.05, 0.1) is 24.2 Å². The maximum absolute atomic E-state index is 12.6. The van der Waals surface area contributed by atoms with Crippen LogP contribution in [0.2, 0.25) is 11.1 Å². The van der Waals surface area contributed by atoms with Crippen LogP contribution < -0.4 is 0 Å². The van der Waals surface area contributed by atoms with Crippen molar-refractivity contribution < 1.29 is 61.5 Å². The summed E-state index contributed by atoms with van der Waals surface area (Å²) in [5, 5.41) is 0. The molecule has 13 nitrogen and oxygen atoms in total. The first-order valence-corrected chi connectivity index (χ1v) is 18.5. The van der Waals surface area contributed by atoms with Crippen molar-refractivity contribution in [3.05, 3.63) is 0 Å². The quantitative estimate of drug-likeness (QED) is 0.148. The number of carbonyl (C=O) groups is 4. The van der Waals surface area contributed by atoms with Crippen molar-refractivity contribution in [2.45, 2.75) is 161 Å². The normalized spacial score (nSPS) is 31.2. The maximum atomic E-state index is 12.6. The summed E-state index contributed by atoms with van der Waals surface area (Å²) >= 11 is 0. The van der Waals surface area contributed by atoms with Gasteiger partial charge in [-0.2, -0.15) is 0 Å². The van der Waals surface area contributed by atoms with E-state index in [-0.39, 0.29) is 42.8 Å². The van der Waals surface area contributed by atoms with E-state index in [4.69, 9.17) is 42.3 Å². The summed E-state index contributed by atoms with van der Waals surface area (Å²) in [4.78, 5) is 48.5. The number of methoxy groups -OCH3 is 1. The van der Waals surface area contributed by atoms with E-state index in [1.54, 1.807) is 20.8 Å². The highest BCUT2D eigenvalue weighted by atomic mass is 28.3. The number of esters is 4. The standard InChI is InChI=1S/C33H56O13Si/c1-18(2)47(19(3)4)46-26-25(16-24(41-21(6)35)17-40-20(5)34)44-27-28(26)45-33(38-11)14-12-23(13-15-39-31(37)32(8,9)10)43-30(33)29(27)42-22(7)36/h18-19,23-30,47H,12-17H2,1-11H3/t23-,24?,25-,26+,27-,28+,29+,30-,33?/m1/s1. The van der Waals surface area contributed by atoms with Gasteiger partial charge >= 0.3 is 23.9 Å². The van der Waals surface area contributed by atoms with Crippen LogP contribution in [-0.2, 0) is 61.5 Å². The summed E-state index contributed by atoms with van der Waals surface area (Å²) in [6.45, 7) is 17.8. The van der Waals surface area contributed by atoms with Crippen LogP contribution in [0.25, 0.3) is 0 Å². The van der Waals surface area contributed by atoms with Gasteiger partial charge in [0, 0.05) is 47.1 Å². The Morgan fingerprint density at radius 2 is 1.55 bits per heavy atom. The van der Waals surface area contributed by atoms with Crippen LogP contribution in [-0.4, -0.2) is 108 Å². The molecule has 0 N–H and O–H groups in total. The number of hydrogen-bond acceptors (Lipinski definition) is 13. The van der Waals surface area contributed by atoms with Gasteiger partial charge < -0.3 is 42.3 Å². The molecular formula is C33H56O13Si. The molecule has 0 radical (unpaired) electrons. The van der Waals surface area contributed by atoms with Crippen LogP contribution in [0, 0.1) is 5.41 Å². The van der Waals surface area contributed by atoms with Crippen molar-refractivity contribution in [2.24, 2.45) is 5.41 Å². The summed E-state index contributed by atoms with van der Waals surface area (Å²) in [6, 6.07) is 0. The second kappa shape index (κ2) is 16.5. The topological polar surface area (TPSA) is 151 Å². The molecule has 3 heterocycles. The van der Waals surface area contributed by atoms with Crippen molar-refractivity contribution in [3.63, 3.8) is 0 Å². The lowest BCUT2D eigenvalue weighted by atomic mass is 9.85. The molecule has 0 aromatic heterocycles. The van der Waals surface area contributed by atoms with E-state index in [1.807, 2.05) is 0 Å². The van der Waals surface area contributed by atoms with Gasteiger partial charge in [-0.05, 0) is 38.3 Å². The molecule has 3 rings (SSSR count). The highest BCUT2D eigenvalue weighted by Gasteiger charge is 2.65. The second-order valence-electron chi connectivity index (χ2n) is 14.5. The Morgan fingerprint density at radius 3 is 2.09 bits per heavy atom. The molecule has 0 aliphatic carbocycles. The van der Waals surface area contributed by atoms with Crippen molar-refractivity contribution in [1.29, 1.82) is 0 Å². The fraction of sp³-hybridized carbons (Fsp3) is 0.879. The molecule has 3 aliphatic rings. The third-order valence-electron chi connectivity index (χ3n) is 8.75. The summed E-state index contributed by atoms with van der Waals surface area (Å²) in [7, 11) is -0.349. The average molecular weight is 689 g/mol. The first kappa shape index (κ1) is 39.3. The van der Waals surface area contributed by atoms with E-state index >= 15 is 0 Å². The minimum Gasteiger partial charge on any atom is -0.465 e. The fourth-order valence-corrected chi connectivity index (χ4v) is 9.53. The molecule has 0 aromatic rings. The molecule has 0 bridgehead atoms.